The Kier molecular flexibility index (Phi) is 5.97. The number of nitrogens with zero attached hydrogens (tertiary/aromatic N) is 1. The smallest absolute Gasteiger partial charge is 0.330 e. The Labute approximate surface area is 156 Å². The van der Waals surface area contributed by atoms with Crippen molar-refractivity contribution in [1.82, 2.24) is 10.2 Å². The first-order valence-corrected chi connectivity index (χ1v) is 9.77. The second-order valence-corrected chi connectivity index (χ2v) is 7.64. The first kappa shape index (κ1) is 18.9. The Bertz CT molecular complexity index is 673. The van der Waals surface area contributed by atoms with Gasteiger partial charge in [-0.2, -0.15) is 0 Å². The van der Waals surface area contributed by atoms with E-state index in [9.17, 15) is 9.59 Å². The molecular formula is C21H30N2O3. The fourth-order valence-electron chi connectivity index (χ4n) is 4.63. The minimum absolute atomic E-state index is 0.0954. The van der Waals surface area contributed by atoms with Gasteiger partial charge in [0, 0.05) is 13.0 Å². The molecule has 1 aromatic rings. The van der Waals surface area contributed by atoms with Crippen LogP contribution in [0.4, 0.5) is 0 Å². The van der Waals surface area contributed by atoms with Crippen LogP contribution in [0.5, 0.6) is 5.75 Å². The molecule has 1 amide bonds. The highest BCUT2D eigenvalue weighted by molar-refractivity contribution is 5.81. The fraction of sp³-hybridized carbons (Fsp3) is 0.619. The number of hydrogen-bond acceptors (Lipinski definition) is 4. The molecular weight excluding hydrogens is 328 g/mol. The van der Waals surface area contributed by atoms with Gasteiger partial charge in [0.2, 0.25) is 5.91 Å². The van der Waals surface area contributed by atoms with E-state index in [0.29, 0.717) is 23.6 Å². The van der Waals surface area contributed by atoms with Crippen molar-refractivity contribution in [3.8, 4) is 5.75 Å². The SMILES string of the molecule is CCN(C)[C@H]1Cc2ccc(OC(=O)CNC(C)=O)cc2C2CCCCC21. The largest absolute Gasteiger partial charge is 0.425 e. The van der Waals surface area contributed by atoms with Crippen molar-refractivity contribution in [3.05, 3.63) is 29.3 Å². The second-order valence-electron chi connectivity index (χ2n) is 7.64. The molecule has 0 aliphatic heterocycles. The average molecular weight is 358 g/mol. The Balaban J connectivity index is 1.80. The Hall–Kier alpha value is -1.88. The number of carbonyl (C=O) groups excluding carboxylic acids is 2. The molecule has 26 heavy (non-hydrogen) atoms. The van der Waals surface area contributed by atoms with Gasteiger partial charge in [-0.3, -0.25) is 4.79 Å². The fourth-order valence-corrected chi connectivity index (χ4v) is 4.63. The standard InChI is InChI=1S/C21H30N2O3/c1-4-23(3)20-11-15-9-10-16(26-21(25)13-22-14(2)24)12-19(15)17-7-5-6-8-18(17)20/h9-10,12,17-18,20H,4-8,11,13H2,1-3H3,(H,22,24)/t17?,18?,20-/m0/s1. The third-order valence-electron chi connectivity index (χ3n) is 6.04. The summed E-state index contributed by atoms with van der Waals surface area (Å²) in [5.74, 6) is 1.17. The summed E-state index contributed by atoms with van der Waals surface area (Å²) in [5, 5.41) is 2.48. The van der Waals surface area contributed by atoms with E-state index in [4.69, 9.17) is 4.74 Å². The number of likely N-dealkylation sites (N-methyl/N-ethyl adjacent to an activating group) is 1. The molecule has 1 saturated carbocycles. The predicted molar refractivity (Wildman–Crippen MR) is 101 cm³/mol. The first-order valence-electron chi connectivity index (χ1n) is 9.77. The molecule has 5 heteroatoms. The maximum Gasteiger partial charge on any atom is 0.330 e. The van der Waals surface area contributed by atoms with Crippen LogP contribution in [-0.4, -0.2) is 43.0 Å². The number of amides is 1. The third kappa shape index (κ3) is 4.09. The van der Waals surface area contributed by atoms with E-state index in [0.717, 1.165) is 13.0 Å². The second kappa shape index (κ2) is 8.21. The van der Waals surface area contributed by atoms with Gasteiger partial charge in [0.15, 0.2) is 0 Å². The lowest BCUT2D eigenvalue weighted by Gasteiger charge is -2.46. The zero-order valence-corrected chi connectivity index (χ0v) is 16.1. The molecule has 0 saturated heterocycles. The van der Waals surface area contributed by atoms with Crippen LogP contribution in [0.1, 0.15) is 56.6 Å². The summed E-state index contributed by atoms with van der Waals surface area (Å²) in [6, 6.07) is 6.67. The van der Waals surface area contributed by atoms with E-state index in [1.807, 2.05) is 6.07 Å². The zero-order valence-electron chi connectivity index (χ0n) is 16.1. The third-order valence-corrected chi connectivity index (χ3v) is 6.04. The maximum absolute atomic E-state index is 11.9. The number of benzene rings is 1. The van der Waals surface area contributed by atoms with Crippen LogP contribution in [0.3, 0.4) is 0 Å². The summed E-state index contributed by atoms with van der Waals surface area (Å²) in [6.45, 7) is 4.59. The molecule has 3 atom stereocenters. The molecule has 2 aliphatic carbocycles. The molecule has 0 aromatic heterocycles. The maximum atomic E-state index is 11.9. The van der Waals surface area contributed by atoms with Crippen molar-refractivity contribution < 1.29 is 14.3 Å². The number of esters is 1. The number of hydrogen-bond donors (Lipinski definition) is 1. The summed E-state index contributed by atoms with van der Waals surface area (Å²) in [6.07, 6.45) is 6.16. The van der Waals surface area contributed by atoms with E-state index < -0.39 is 5.97 Å². The Morgan fingerprint density at radius 1 is 1.27 bits per heavy atom. The number of carbonyl (C=O) groups is 2. The van der Waals surface area contributed by atoms with Gasteiger partial charge in [0.05, 0.1) is 0 Å². The van der Waals surface area contributed by atoms with Crippen molar-refractivity contribution in [2.75, 3.05) is 20.1 Å². The monoisotopic (exact) mass is 358 g/mol. The zero-order chi connectivity index (χ0) is 18.7. The molecule has 1 N–H and O–H groups in total. The molecule has 0 radical (unpaired) electrons. The van der Waals surface area contributed by atoms with Crippen LogP contribution in [0.25, 0.3) is 0 Å². The van der Waals surface area contributed by atoms with Gasteiger partial charge in [-0.1, -0.05) is 25.8 Å². The van der Waals surface area contributed by atoms with Gasteiger partial charge in [0.1, 0.15) is 12.3 Å². The predicted octanol–water partition coefficient (Wildman–Crippen LogP) is 2.88. The topological polar surface area (TPSA) is 58.6 Å². The van der Waals surface area contributed by atoms with E-state index >= 15 is 0 Å². The van der Waals surface area contributed by atoms with Crippen molar-refractivity contribution in [2.45, 2.75) is 57.9 Å². The van der Waals surface area contributed by atoms with Crippen molar-refractivity contribution in [3.63, 3.8) is 0 Å². The van der Waals surface area contributed by atoms with Gasteiger partial charge in [-0.15, -0.1) is 0 Å². The lowest BCUT2D eigenvalue weighted by Crippen LogP contribution is -2.46. The summed E-state index contributed by atoms with van der Waals surface area (Å²) in [7, 11) is 2.24. The van der Waals surface area contributed by atoms with Crippen LogP contribution in [0.2, 0.25) is 0 Å². The molecule has 1 aromatic carbocycles. The summed E-state index contributed by atoms with van der Waals surface area (Å²) < 4.78 is 5.44. The highest BCUT2D eigenvalue weighted by Crippen LogP contribution is 2.47. The van der Waals surface area contributed by atoms with E-state index in [1.54, 1.807) is 0 Å². The molecule has 0 heterocycles. The van der Waals surface area contributed by atoms with Crippen LogP contribution < -0.4 is 10.1 Å². The highest BCUT2D eigenvalue weighted by atomic mass is 16.5. The van der Waals surface area contributed by atoms with Crippen LogP contribution in [-0.2, 0) is 16.0 Å². The van der Waals surface area contributed by atoms with Gasteiger partial charge >= 0.3 is 5.97 Å². The van der Waals surface area contributed by atoms with Crippen LogP contribution in [0, 0.1) is 5.92 Å². The molecule has 142 valence electrons. The van der Waals surface area contributed by atoms with Crippen LogP contribution >= 0.6 is 0 Å². The minimum atomic E-state index is -0.431. The first-order chi connectivity index (χ1) is 12.5. The number of fused-ring (bicyclic) bond motifs is 3. The number of nitrogens with one attached hydrogen (secondary N) is 1. The minimum Gasteiger partial charge on any atom is -0.425 e. The van der Waals surface area contributed by atoms with Gasteiger partial charge < -0.3 is 15.0 Å². The van der Waals surface area contributed by atoms with Crippen LogP contribution in [0.15, 0.2) is 18.2 Å². The highest BCUT2D eigenvalue weighted by Gasteiger charge is 2.39. The molecule has 1 fully saturated rings. The molecule has 2 aliphatic rings. The van der Waals surface area contributed by atoms with Gasteiger partial charge in [-0.25, -0.2) is 4.79 Å². The molecule has 5 nitrogen and oxygen atoms in total. The van der Waals surface area contributed by atoms with Gasteiger partial charge in [0.25, 0.3) is 0 Å². The summed E-state index contributed by atoms with van der Waals surface area (Å²) in [4.78, 5) is 25.3. The van der Waals surface area contributed by atoms with Crippen molar-refractivity contribution in [1.29, 1.82) is 0 Å². The quantitative estimate of drug-likeness (QED) is 0.649. The number of rotatable bonds is 5. The summed E-state index contributed by atoms with van der Waals surface area (Å²) in [5.41, 5.74) is 2.75. The lowest BCUT2D eigenvalue weighted by atomic mass is 9.65. The Morgan fingerprint density at radius 3 is 2.77 bits per heavy atom. The molecule has 2 unspecified atom stereocenters. The molecule has 0 bridgehead atoms. The summed E-state index contributed by atoms with van der Waals surface area (Å²) >= 11 is 0. The van der Waals surface area contributed by atoms with E-state index in [-0.39, 0.29) is 12.5 Å². The van der Waals surface area contributed by atoms with Gasteiger partial charge in [-0.05, 0) is 68.0 Å². The molecule has 0 spiro atoms. The van der Waals surface area contributed by atoms with Crippen molar-refractivity contribution in [2.24, 2.45) is 5.92 Å². The number of ether oxygens (including phenoxy) is 1. The average Bonchev–Trinajstić information content (AvgIpc) is 2.65. The van der Waals surface area contributed by atoms with Crippen molar-refractivity contribution >= 4 is 11.9 Å². The lowest BCUT2D eigenvalue weighted by molar-refractivity contribution is -0.135. The van der Waals surface area contributed by atoms with E-state index in [2.05, 4.69) is 36.3 Å². The van der Waals surface area contributed by atoms with E-state index in [1.165, 1.54) is 43.7 Å². The molecule has 3 rings (SSSR count). The normalized spacial score (nSPS) is 24.5. The Morgan fingerprint density at radius 2 is 2.04 bits per heavy atom.